The van der Waals surface area contributed by atoms with E-state index in [0.29, 0.717) is 6.42 Å². The molecule has 1 saturated heterocycles. The molecule has 0 saturated carbocycles. The van der Waals surface area contributed by atoms with E-state index in [1.54, 1.807) is 0 Å². The van der Waals surface area contributed by atoms with Crippen LogP contribution in [0, 0.1) is 12.3 Å². The number of nitrogens with two attached hydrogens (primary N) is 1. The third kappa shape index (κ3) is 7.81. The van der Waals surface area contributed by atoms with Crippen LogP contribution in [0.4, 0.5) is 0 Å². The van der Waals surface area contributed by atoms with E-state index in [9.17, 15) is 4.79 Å². The van der Waals surface area contributed by atoms with Gasteiger partial charge in [-0.2, -0.15) is 0 Å². The minimum atomic E-state index is -0.0109. The highest BCUT2D eigenvalue weighted by molar-refractivity contribution is 5.89. The van der Waals surface area contributed by atoms with Crippen LogP contribution in [-0.4, -0.2) is 88.4 Å². The molecular formula is C35H49N7O2. The number of aryl methyl sites for hydroxylation is 2. The van der Waals surface area contributed by atoms with E-state index in [2.05, 4.69) is 109 Å². The molecule has 9 heteroatoms. The number of fused-ring (bicyclic) bond motifs is 2. The summed E-state index contributed by atoms with van der Waals surface area (Å²) in [5.74, 6) is 0.404. The number of pyridine rings is 1. The number of primary amides is 1. The molecule has 2 aliphatic rings. The second kappa shape index (κ2) is 14.3. The molecule has 1 aliphatic carbocycles. The number of amides is 2. The molecule has 1 aromatic carbocycles. The largest absolute Gasteiger partial charge is 0.372 e. The minimum Gasteiger partial charge on any atom is -0.372 e. The van der Waals surface area contributed by atoms with Crippen molar-refractivity contribution >= 4 is 24.0 Å². The van der Waals surface area contributed by atoms with Gasteiger partial charge in [0.1, 0.15) is 0 Å². The molecule has 9 nitrogen and oxygen atoms in total. The fourth-order valence-electron chi connectivity index (χ4n) is 6.42. The molecule has 44 heavy (non-hydrogen) atoms. The van der Waals surface area contributed by atoms with E-state index < -0.39 is 0 Å². The van der Waals surface area contributed by atoms with Crippen LogP contribution >= 0.6 is 0 Å². The molecule has 0 bridgehead atoms. The second-order valence-corrected chi connectivity index (χ2v) is 13.5. The topological polar surface area (TPSA) is 101 Å². The van der Waals surface area contributed by atoms with Gasteiger partial charge in [-0.15, -0.1) is 0 Å². The highest BCUT2D eigenvalue weighted by Gasteiger charge is 2.35. The van der Waals surface area contributed by atoms with Crippen molar-refractivity contribution in [1.29, 1.82) is 0 Å². The number of hydrogen-bond acceptors (Lipinski definition) is 6. The number of hydrogen-bond donors (Lipinski definition) is 1. The van der Waals surface area contributed by atoms with Gasteiger partial charge in [0.2, 0.25) is 12.3 Å². The molecule has 2 unspecified atom stereocenters. The van der Waals surface area contributed by atoms with Gasteiger partial charge in [-0.1, -0.05) is 50.6 Å². The molecule has 2 amide bonds. The van der Waals surface area contributed by atoms with E-state index in [1.165, 1.54) is 28.0 Å². The number of carbonyl (C=O) groups excluding carboxylic acids is 2. The lowest BCUT2D eigenvalue weighted by Gasteiger charge is -2.33. The Bertz CT molecular complexity index is 1470. The summed E-state index contributed by atoms with van der Waals surface area (Å²) < 4.78 is 2.15. The molecule has 2 N–H and O–H groups in total. The Morgan fingerprint density at radius 2 is 1.91 bits per heavy atom. The monoisotopic (exact) mass is 599 g/mol. The molecule has 3 heterocycles. The number of likely N-dealkylation sites (N-methyl/N-ethyl adjacent to an activating group) is 1. The van der Waals surface area contributed by atoms with Crippen LogP contribution in [0.2, 0.25) is 0 Å². The van der Waals surface area contributed by atoms with Crippen molar-refractivity contribution in [3.8, 4) is 0 Å². The second-order valence-electron chi connectivity index (χ2n) is 13.5. The van der Waals surface area contributed by atoms with Crippen molar-refractivity contribution in [3.05, 3.63) is 82.7 Å². The molecule has 1 fully saturated rings. The zero-order valence-corrected chi connectivity index (χ0v) is 27.5. The van der Waals surface area contributed by atoms with Gasteiger partial charge in [0, 0.05) is 70.2 Å². The van der Waals surface area contributed by atoms with Crippen molar-refractivity contribution < 1.29 is 9.59 Å². The Kier molecular flexibility index (Phi) is 10.8. The van der Waals surface area contributed by atoms with Crippen LogP contribution in [0.5, 0.6) is 0 Å². The summed E-state index contributed by atoms with van der Waals surface area (Å²) in [7, 11) is 6.36. The molecule has 5 rings (SSSR count). The summed E-state index contributed by atoms with van der Waals surface area (Å²) in [6.07, 6.45) is 9.99. The Labute approximate surface area is 262 Å². The average Bonchev–Trinajstić information content (AvgIpc) is 3.15. The smallest absolute Gasteiger partial charge is 0.223 e. The molecule has 2 aromatic heterocycles. The van der Waals surface area contributed by atoms with Crippen LogP contribution in [0.1, 0.15) is 79.2 Å². The zero-order chi connectivity index (χ0) is 32.0. The SMILES string of the molecule is Cc1ccc2c(c1)C(C(CN(C)C)c1cncn1C)=Cc1cccnc1C2N1CCCN(C(=O)CC(C)(C)C)CC1.NC=O. The maximum absolute atomic E-state index is 13.2. The van der Waals surface area contributed by atoms with E-state index in [1.807, 2.05) is 24.8 Å². The number of carbonyl (C=O) groups is 2. The van der Waals surface area contributed by atoms with Crippen molar-refractivity contribution in [2.45, 2.75) is 52.5 Å². The fourth-order valence-corrected chi connectivity index (χ4v) is 6.42. The number of aromatic nitrogens is 3. The summed E-state index contributed by atoms with van der Waals surface area (Å²) in [4.78, 5) is 38.2. The maximum atomic E-state index is 13.2. The predicted molar refractivity (Wildman–Crippen MR) is 177 cm³/mol. The first kappa shape index (κ1) is 33.1. The van der Waals surface area contributed by atoms with E-state index in [0.717, 1.165) is 50.4 Å². The highest BCUT2D eigenvalue weighted by atomic mass is 16.2. The van der Waals surface area contributed by atoms with Gasteiger partial charge in [0.15, 0.2) is 0 Å². The molecule has 2 atom stereocenters. The van der Waals surface area contributed by atoms with Crippen molar-refractivity contribution in [2.75, 3.05) is 46.8 Å². The first-order valence-corrected chi connectivity index (χ1v) is 15.5. The summed E-state index contributed by atoms with van der Waals surface area (Å²) >= 11 is 0. The van der Waals surface area contributed by atoms with Crippen LogP contribution in [0.3, 0.4) is 0 Å². The Morgan fingerprint density at radius 1 is 1.16 bits per heavy atom. The first-order chi connectivity index (χ1) is 20.9. The lowest BCUT2D eigenvalue weighted by molar-refractivity contribution is -0.133. The number of nitrogens with zero attached hydrogens (tertiary/aromatic N) is 6. The van der Waals surface area contributed by atoms with Crippen LogP contribution in [-0.2, 0) is 16.6 Å². The summed E-state index contributed by atoms with van der Waals surface area (Å²) in [6.45, 7) is 12.8. The normalized spacial score (nSPS) is 17.8. The van der Waals surface area contributed by atoms with Gasteiger partial charge >= 0.3 is 0 Å². The van der Waals surface area contributed by atoms with E-state index in [4.69, 9.17) is 9.78 Å². The van der Waals surface area contributed by atoms with Crippen LogP contribution in [0.25, 0.3) is 11.6 Å². The van der Waals surface area contributed by atoms with Gasteiger partial charge in [0.05, 0.1) is 18.1 Å². The van der Waals surface area contributed by atoms with Gasteiger partial charge < -0.3 is 20.1 Å². The lowest BCUT2D eigenvalue weighted by Crippen LogP contribution is -2.38. The van der Waals surface area contributed by atoms with Crippen molar-refractivity contribution in [3.63, 3.8) is 0 Å². The lowest BCUT2D eigenvalue weighted by atomic mass is 9.85. The van der Waals surface area contributed by atoms with Crippen LogP contribution in [0.15, 0.2) is 49.1 Å². The summed E-state index contributed by atoms with van der Waals surface area (Å²) in [6, 6.07) is 11.2. The third-order valence-electron chi connectivity index (χ3n) is 8.32. The molecule has 236 valence electrons. The number of benzene rings is 1. The van der Waals surface area contributed by atoms with E-state index in [-0.39, 0.29) is 29.7 Å². The van der Waals surface area contributed by atoms with E-state index >= 15 is 0 Å². The molecule has 0 radical (unpaired) electrons. The van der Waals surface area contributed by atoms with Crippen molar-refractivity contribution in [1.82, 2.24) is 29.2 Å². The van der Waals surface area contributed by atoms with Crippen molar-refractivity contribution in [2.24, 2.45) is 18.2 Å². The molecule has 0 spiro atoms. The van der Waals surface area contributed by atoms with Gasteiger partial charge in [-0.05, 0) is 67.3 Å². The fraction of sp³-hybridized carbons (Fsp3) is 0.486. The standard InChI is InChI=1S/C34H46N6O.CH3NO/c1-24-11-12-26-27(18-24)28(29(22-37(5)6)30-21-35-23-38(30)7)19-25-10-8-13-36-32(25)33(26)40-15-9-14-39(16-17-40)31(41)20-34(2,3)4;2-1-3/h8,10-13,18-19,21,23,29,33H,9,14-17,20,22H2,1-7H3;1H,(H2,2,3). The quantitative estimate of drug-likeness (QED) is 0.420. The van der Waals surface area contributed by atoms with Crippen LogP contribution < -0.4 is 5.73 Å². The minimum absolute atomic E-state index is 0.0109. The van der Waals surface area contributed by atoms with Gasteiger partial charge in [0.25, 0.3) is 0 Å². The summed E-state index contributed by atoms with van der Waals surface area (Å²) in [5.41, 5.74) is 12.7. The number of rotatable bonds is 6. The predicted octanol–water partition coefficient (Wildman–Crippen LogP) is 4.48. The average molecular weight is 600 g/mol. The highest BCUT2D eigenvalue weighted by Crippen LogP contribution is 2.44. The summed E-state index contributed by atoms with van der Waals surface area (Å²) in [5, 5.41) is 0. The molecular weight excluding hydrogens is 550 g/mol. The van der Waals surface area contributed by atoms with Gasteiger partial charge in [-0.3, -0.25) is 19.5 Å². The Hall–Kier alpha value is -3.82. The molecule has 3 aromatic rings. The number of imidazole rings is 1. The molecule has 1 aliphatic heterocycles. The zero-order valence-electron chi connectivity index (χ0n) is 27.5. The third-order valence-corrected chi connectivity index (χ3v) is 8.32. The Morgan fingerprint density at radius 3 is 2.57 bits per heavy atom. The first-order valence-electron chi connectivity index (χ1n) is 15.5. The maximum Gasteiger partial charge on any atom is 0.223 e. The van der Waals surface area contributed by atoms with Gasteiger partial charge in [-0.25, -0.2) is 4.98 Å². The Balaban J connectivity index is 0.00000141.